The Morgan fingerprint density at radius 2 is 2.08 bits per heavy atom. The fraction of sp³-hybridized carbons (Fsp3) is 0.444. The number of carbonyl (C=O) groups is 1. The molecule has 0 amide bonds. The van der Waals surface area contributed by atoms with E-state index in [0.717, 1.165) is 36.9 Å². The van der Waals surface area contributed by atoms with Crippen LogP contribution in [0.1, 0.15) is 25.3 Å². The number of carbonyl (C=O) groups excluding carboxylic acids is 1. The van der Waals surface area contributed by atoms with E-state index in [-0.39, 0.29) is 22.7 Å². The molecule has 0 aliphatic carbocycles. The highest BCUT2D eigenvalue weighted by molar-refractivity contribution is 6.32. The average molecular weight is 367 g/mol. The number of aromatic hydroxyl groups is 1. The molecule has 1 aromatic heterocycles. The third kappa shape index (κ3) is 3.96. The van der Waals surface area contributed by atoms with Crippen LogP contribution in [0.15, 0.2) is 27.4 Å². The van der Waals surface area contributed by atoms with E-state index in [0.29, 0.717) is 18.7 Å². The van der Waals surface area contributed by atoms with E-state index in [1.54, 1.807) is 6.07 Å². The number of phenolic OH excluding ortho intramolecular Hbond substituents is 1. The van der Waals surface area contributed by atoms with Gasteiger partial charge in [-0.2, -0.15) is 0 Å². The number of piperidine rings is 1. The Hall–Kier alpha value is -2.05. The zero-order chi connectivity index (χ0) is 18.0. The van der Waals surface area contributed by atoms with Gasteiger partial charge in [-0.15, -0.1) is 0 Å². The lowest BCUT2D eigenvalue weighted by molar-refractivity contribution is -0.919. The molecule has 1 saturated heterocycles. The Labute approximate surface area is 149 Å². The molecule has 0 bridgehead atoms. The minimum absolute atomic E-state index is 0.0346. The summed E-state index contributed by atoms with van der Waals surface area (Å²) in [6.07, 6.45) is 1.55. The van der Waals surface area contributed by atoms with Gasteiger partial charge in [-0.1, -0.05) is 11.6 Å². The van der Waals surface area contributed by atoms with Crippen LogP contribution in [0.25, 0.3) is 11.0 Å². The molecule has 2 heterocycles. The monoisotopic (exact) mass is 366 g/mol. The highest BCUT2D eigenvalue weighted by atomic mass is 35.5. The maximum atomic E-state index is 11.8. The van der Waals surface area contributed by atoms with Crippen molar-refractivity contribution in [2.75, 3.05) is 19.7 Å². The fourth-order valence-corrected chi connectivity index (χ4v) is 3.51. The van der Waals surface area contributed by atoms with Gasteiger partial charge in [-0.3, -0.25) is 4.79 Å². The second-order valence-electron chi connectivity index (χ2n) is 6.34. The number of esters is 1. The van der Waals surface area contributed by atoms with Crippen molar-refractivity contribution in [2.45, 2.75) is 26.3 Å². The molecule has 2 aromatic rings. The molecule has 1 aliphatic rings. The summed E-state index contributed by atoms with van der Waals surface area (Å²) in [5, 5.41) is 10.6. The molecule has 0 radical (unpaired) electrons. The Morgan fingerprint density at radius 3 is 2.76 bits per heavy atom. The van der Waals surface area contributed by atoms with Crippen molar-refractivity contribution in [2.24, 2.45) is 5.92 Å². The summed E-state index contributed by atoms with van der Waals surface area (Å²) in [6.45, 7) is 4.52. The van der Waals surface area contributed by atoms with Gasteiger partial charge in [0.1, 0.15) is 17.9 Å². The number of nitrogens with one attached hydrogen (secondary N) is 1. The van der Waals surface area contributed by atoms with Gasteiger partial charge >= 0.3 is 11.6 Å². The van der Waals surface area contributed by atoms with Crippen molar-refractivity contribution >= 4 is 28.5 Å². The third-order valence-electron chi connectivity index (χ3n) is 4.65. The van der Waals surface area contributed by atoms with Crippen LogP contribution in [0.2, 0.25) is 5.02 Å². The molecule has 0 unspecified atom stereocenters. The average Bonchev–Trinajstić information content (AvgIpc) is 2.57. The molecule has 25 heavy (non-hydrogen) atoms. The van der Waals surface area contributed by atoms with Crippen LogP contribution >= 0.6 is 11.6 Å². The van der Waals surface area contributed by atoms with Crippen LogP contribution in [0, 0.1) is 5.92 Å². The minimum Gasteiger partial charge on any atom is -0.506 e. The predicted octanol–water partition coefficient (Wildman–Crippen LogP) is 1.51. The van der Waals surface area contributed by atoms with Crippen molar-refractivity contribution in [1.82, 2.24) is 0 Å². The van der Waals surface area contributed by atoms with E-state index in [1.165, 1.54) is 17.0 Å². The van der Waals surface area contributed by atoms with Gasteiger partial charge in [0.2, 0.25) is 0 Å². The van der Waals surface area contributed by atoms with Gasteiger partial charge in [0, 0.05) is 35.9 Å². The number of quaternary nitrogens is 1. The highest BCUT2D eigenvalue weighted by Crippen LogP contribution is 2.29. The number of hydrogen-bond acceptors (Lipinski definition) is 5. The zero-order valence-electron chi connectivity index (χ0n) is 14.0. The third-order valence-corrected chi connectivity index (χ3v) is 4.95. The second kappa shape index (κ2) is 7.45. The Balaban J connectivity index is 1.77. The van der Waals surface area contributed by atoms with Gasteiger partial charge in [0.25, 0.3) is 0 Å². The summed E-state index contributed by atoms with van der Waals surface area (Å²) in [7, 11) is 0. The van der Waals surface area contributed by atoms with Gasteiger partial charge < -0.3 is 19.2 Å². The quantitative estimate of drug-likeness (QED) is 0.633. The van der Waals surface area contributed by atoms with Gasteiger partial charge in [0.05, 0.1) is 30.6 Å². The molecule has 1 fully saturated rings. The molecule has 0 atom stereocenters. The number of halogens is 1. The first kappa shape index (κ1) is 17.8. The SMILES string of the molecule is CCOC(=O)C1CC[NH+](Cc2cc(=O)oc3cc(O)c(Cl)cc23)CC1. The maximum absolute atomic E-state index is 11.8. The van der Waals surface area contributed by atoms with Crippen LogP contribution < -0.4 is 10.5 Å². The zero-order valence-corrected chi connectivity index (χ0v) is 14.8. The molecule has 7 heteroatoms. The summed E-state index contributed by atoms with van der Waals surface area (Å²) in [5.41, 5.74) is 0.702. The number of ether oxygens (including phenoxy) is 1. The summed E-state index contributed by atoms with van der Waals surface area (Å²) >= 11 is 6.00. The lowest BCUT2D eigenvalue weighted by Crippen LogP contribution is -3.11. The van der Waals surface area contributed by atoms with Crippen LogP contribution in [-0.4, -0.2) is 30.8 Å². The standard InChI is InChI=1S/C18H20ClNO5/c1-2-24-18(23)11-3-5-20(6-4-11)10-12-7-17(22)25-16-9-15(21)14(19)8-13(12)16/h7-9,11,21H,2-6,10H2,1H3/p+1. The molecule has 134 valence electrons. The van der Waals surface area contributed by atoms with Crippen molar-refractivity contribution in [3.63, 3.8) is 0 Å². The molecular weight excluding hydrogens is 346 g/mol. The Kier molecular flexibility index (Phi) is 5.30. The molecular formula is C18H21ClNO5+. The van der Waals surface area contributed by atoms with E-state index in [2.05, 4.69) is 0 Å². The van der Waals surface area contributed by atoms with E-state index in [1.807, 2.05) is 6.92 Å². The Morgan fingerprint density at radius 1 is 1.36 bits per heavy atom. The molecule has 3 rings (SSSR count). The van der Waals surface area contributed by atoms with Gasteiger partial charge in [-0.25, -0.2) is 4.79 Å². The normalized spacial score (nSPS) is 20.6. The number of phenols is 1. The number of fused-ring (bicyclic) bond motifs is 1. The molecule has 1 aromatic carbocycles. The minimum atomic E-state index is -0.454. The highest BCUT2D eigenvalue weighted by Gasteiger charge is 2.28. The smallest absolute Gasteiger partial charge is 0.336 e. The van der Waals surface area contributed by atoms with Crippen LogP contribution in [0.4, 0.5) is 0 Å². The molecule has 0 saturated carbocycles. The van der Waals surface area contributed by atoms with Crippen LogP contribution in [0.3, 0.4) is 0 Å². The fourth-order valence-electron chi connectivity index (χ4n) is 3.35. The van der Waals surface area contributed by atoms with Crippen molar-refractivity contribution in [3.05, 3.63) is 39.2 Å². The maximum Gasteiger partial charge on any atom is 0.336 e. The lowest BCUT2D eigenvalue weighted by atomic mass is 9.96. The van der Waals surface area contributed by atoms with E-state index >= 15 is 0 Å². The van der Waals surface area contributed by atoms with Gasteiger partial charge in [-0.05, 0) is 13.0 Å². The summed E-state index contributed by atoms with van der Waals surface area (Å²) in [4.78, 5) is 24.9. The van der Waals surface area contributed by atoms with Gasteiger partial charge in [0.15, 0.2) is 0 Å². The van der Waals surface area contributed by atoms with E-state index in [4.69, 9.17) is 20.8 Å². The summed E-state index contributed by atoms with van der Waals surface area (Å²) < 4.78 is 10.3. The predicted molar refractivity (Wildman–Crippen MR) is 92.9 cm³/mol. The number of likely N-dealkylation sites (tertiary alicyclic amines) is 1. The first-order valence-electron chi connectivity index (χ1n) is 8.43. The molecule has 1 aliphatic heterocycles. The number of rotatable bonds is 4. The topological polar surface area (TPSA) is 81.2 Å². The van der Waals surface area contributed by atoms with Crippen LogP contribution in [-0.2, 0) is 16.1 Å². The molecule has 2 N–H and O–H groups in total. The molecule has 0 spiro atoms. The van der Waals surface area contributed by atoms with Crippen molar-refractivity contribution in [1.29, 1.82) is 0 Å². The van der Waals surface area contributed by atoms with Crippen molar-refractivity contribution < 1.29 is 24.0 Å². The Bertz CT molecular complexity index is 839. The molecule has 6 nitrogen and oxygen atoms in total. The number of hydrogen-bond donors (Lipinski definition) is 2. The second-order valence-corrected chi connectivity index (χ2v) is 6.75. The van der Waals surface area contributed by atoms with E-state index in [9.17, 15) is 14.7 Å². The van der Waals surface area contributed by atoms with E-state index < -0.39 is 5.63 Å². The van der Waals surface area contributed by atoms with Crippen molar-refractivity contribution in [3.8, 4) is 5.75 Å². The first-order valence-corrected chi connectivity index (χ1v) is 8.81. The van der Waals surface area contributed by atoms with Crippen LogP contribution in [0.5, 0.6) is 5.75 Å². The summed E-state index contributed by atoms with van der Waals surface area (Å²) in [5.74, 6) is -0.264. The number of benzene rings is 1. The summed E-state index contributed by atoms with van der Waals surface area (Å²) in [6, 6.07) is 4.46. The lowest BCUT2D eigenvalue weighted by Gasteiger charge is -2.28. The largest absolute Gasteiger partial charge is 0.506 e. The first-order chi connectivity index (χ1) is 12.0.